The van der Waals surface area contributed by atoms with Crippen molar-refractivity contribution in [2.24, 2.45) is 0 Å². The molecule has 0 heterocycles. The summed E-state index contributed by atoms with van der Waals surface area (Å²) in [5.74, 6) is 0.239. The van der Waals surface area contributed by atoms with E-state index in [4.69, 9.17) is 9.47 Å². The van der Waals surface area contributed by atoms with Crippen molar-refractivity contribution < 1.29 is 19.5 Å². The molecular formula is C15H15NO5. The van der Waals surface area contributed by atoms with Gasteiger partial charge in [-0.05, 0) is 17.2 Å². The monoisotopic (exact) mass is 289 g/mol. The second-order valence-electron chi connectivity index (χ2n) is 4.35. The van der Waals surface area contributed by atoms with E-state index in [9.17, 15) is 15.2 Å². The van der Waals surface area contributed by atoms with Crippen molar-refractivity contribution in [2.75, 3.05) is 14.2 Å². The van der Waals surface area contributed by atoms with Crippen molar-refractivity contribution in [1.82, 2.24) is 0 Å². The van der Waals surface area contributed by atoms with Crippen molar-refractivity contribution in [1.29, 1.82) is 0 Å². The fourth-order valence-corrected chi connectivity index (χ4v) is 2.09. The maximum atomic E-state index is 11.1. The Hall–Kier alpha value is -2.60. The summed E-state index contributed by atoms with van der Waals surface area (Å²) in [5.41, 5.74) is 0.756. The number of rotatable bonds is 5. The molecule has 110 valence electrons. The molecule has 0 saturated carbocycles. The van der Waals surface area contributed by atoms with Crippen LogP contribution < -0.4 is 9.47 Å². The minimum atomic E-state index is -0.982. The highest BCUT2D eigenvalue weighted by molar-refractivity contribution is 5.59. The summed E-state index contributed by atoms with van der Waals surface area (Å²) in [6.45, 7) is 0. The van der Waals surface area contributed by atoms with Gasteiger partial charge < -0.3 is 14.6 Å². The Morgan fingerprint density at radius 3 is 2.29 bits per heavy atom. The largest absolute Gasteiger partial charge is 0.493 e. The normalized spacial score (nSPS) is 11.8. The number of nitro groups is 1. The van der Waals surface area contributed by atoms with Gasteiger partial charge in [-0.3, -0.25) is 10.1 Å². The van der Waals surface area contributed by atoms with E-state index in [1.807, 2.05) is 6.07 Å². The van der Waals surface area contributed by atoms with Crippen LogP contribution in [0.15, 0.2) is 42.5 Å². The SMILES string of the molecule is COc1cc(C(O)c2ccccc2)cc([N+](=O)[O-])c1OC. The number of hydrogen-bond acceptors (Lipinski definition) is 5. The van der Waals surface area contributed by atoms with Gasteiger partial charge in [0.1, 0.15) is 6.10 Å². The Labute approximate surface area is 121 Å². The fourth-order valence-electron chi connectivity index (χ4n) is 2.09. The lowest BCUT2D eigenvalue weighted by Gasteiger charge is -2.14. The molecule has 0 saturated heterocycles. The summed E-state index contributed by atoms with van der Waals surface area (Å²) >= 11 is 0. The van der Waals surface area contributed by atoms with Crippen LogP contribution in [0.1, 0.15) is 17.2 Å². The van der Waals surface area contributed by atoms with Crippen molar-refractivity contribution in [3.63, 3.8) is 0 Å². The lowest BCUT2D eigenvalue weighted by atomic mass is 10.0. The molecule has 0 aliphatic carbocycles. The first-order valence-corrected chi connectivity index (χ1v) is 6.21. The highest BCUT2D eigenvalue weighted by Crippen LogP contribution is 2.40. The Bertz CT molecular complexity index is 642. The Kier molecular flexibility index (Phi) is 4.39. The smallest absolute Gasteiger partial charge is 0.315 e. The average Bonchev–Trinajstić information content (AvgIpc) is 2.53. The molecule has 1 unspecified atom stereocenters. The minimum absolute atomic E-state index is 0.0338. The zero-order valence-corrected chi connectivity index (χ0v) is 11.6. The second kappa shape index (κ2) is 6.23. The minimum Gasteiger partial charge on any atom is -0.493 e. The van der Waals surface area contributed by atoms with Crippen LogP contribution in [0, 0.1) is 10.1 Å². The van der Waals surface area contributed by atoms with Gasteiger partial charge in [-0.25, -0.2) is 0 Å². The quantitative estimate of drug-likeness (QED) is 0.676. The van der Waals surface area contributed by atoms with E-state index in [1.54, 1.807) is 24.3 Å². The third-order valence-electron chi connectivity index (χ3n) is 3.11. The first-order chi connectivity index (χ1) is 10.1. The topological polar surface area (TPSA) is 81.8 Å². The van der Waals surface area contributed by atoms with Gasteiger partial charge in [-0.1, -0.05) is 30.3 Å². The molecule has 2 aromatic carbocycles. The van der Waals surface area contributed by atoms with E-state index < -0.39 is 11.0 Å². The molecule has 2 aromatic rings. The van der Waals surface area contributed by atoms with Crippen LogP contribution in [0.5, 0.6) is 11.5 Å². The van der Waals surface area contributed by atoms with Crippen molar-refractivity contribution >= 4 is 5.69 Å². The molecule has 6 nitrogen and oxygen atoms in total. The van der Waals surface area contributed by atoms with Crippen molar-refractivity contribution in [3.8, 4) is 11.5 Å². The third-order valence-corrected chi connectivity index (χ3v) is 3.11. The van der Waals surface area contributed by atoms with E-state index in [1.165, 1.54) is 26.4 Å². The molecule has 21 heavy (non-hydrogen) atoms. The highest BCUT2D eigenvalue weighted by atomic mass is 16.6. The summed E-state index contributed by atoms with van der Waals surface area (Å²) in [6, 6.07) is 11.7. The molecule has 0 aliphatic heterocycles. The summed E-state index contributed by atoms with van der Waals surface area (Å²) in [7, 11) is 2.72. The van der Waals surface area contributed by atoms with Crippen LogP contribution in [-0.4, -0.2) is 24.2 Å². The van der Waals surface area contributed by atoms with Crippen molar-refractivity contribution in [2.45, 2.75) is 6.10 Å². The number of aliphatic hydroxyl groups excluding tert-OH is 1. The maximum absolute atomic E-state index is 11.1. The number of hydrogen-bond donors (Lipinski definition) is 1. The molecule has 0 aliphatic rings. The van der Waals surface area contributed by atoms with Crippen LogP contribution in [0.3, 0.4) is 0 Å². The van der Waals surface area contributed by atoms with Crippen molar-refractivity contribution in [3.05, 3.63) is 63.7 Å². The third kappa shape index (κ3) is 2.95. The summed E-state index contributed by atoms with van der Waals surface area (Å²) in [6.07, 6.45) is -0.982. The van der Waals surface area contributed by atoms with Gasteiger partial charge in [0.2, 0.25) is 5.75 Å². The van der Waals surface area contributed by atoms with Gasteiger partial charge >= 0.3 is 5.69 Å². The van der Waals surface area contributed by atoms with Gasteiger partial charge in [-0.2, -0.15) is 0 Å². The molecule has 1 atom stereocenters. The zero-order valence-electron chi connectivity index (χ0n) is 11.6. The van der Waals surface area contributed by atoms with Crippen LogP contribution in [-0.2, 0) is 0 Å². The summed E-state index contributed by atoms with van der Waals surface area (Å²) in [4.78, 5) is 10.6. The maximum Gasteiger partial charge on any atom is 0.315 e. The first kappa shape index (κ1) is 14.8. The summed E-state index contributed by atoms with van der Waals surface area (Å²) in [5, 5.41) is 21.5. The standard InChI is InChI=1S/C15H15NO5/c1-20-13-9-11(8-12(16(18)19)15(13)21-2)14(17)10-6-4-3-5-7-10/h3-9,14,17H,1-2H3. The molecule has 1 N–H and O–H groups in total. The second-order valence-corrected chi connectivity index (χ2v) is 4.35. The number of benzene rings is 2. The molecule has 0 bridgehead atoms. The van der Waals surface area contributed by atoms with E-state index in [0.29, 0.717) is 11.1 Å². The molecule has 2 rings (SSSR count). The number of ether oxygens (including phenoxy) is 2. The van der Waals surface area contributed by atoms with E-state index in [-0.39, 0.29) is 17.2 Å². The fraction of sp³-hybridized carbons (Fsp3) is 0.200. The molecule has 0 amide bonds. The zero-order chi connectivity index (χ0) is 15.4. The lowest BCUT2D eigenvalue weighted by molar-refractivity contribution is -0.385. The predicted molar refractivity (Wildman–Crippen MR) is 76.7 cm³/mol. The molecule has 6 heteroatoms. The summed E-state index contributed by atoms with van der Waals surface area (Å²) < 4.78 is 10.1. The Morgan fingerprint density at radius 2 is 1.76 bits per heavy atom. The van der Waals surface area contributed by atoms with Gasteiger partial charge in [0.15, 0.2) is 5.75 Å². The average molecular weight is 289 g/mol. The van der Waals surface area contributed by atoms with Crippen LogP contribution >= 0.6 is 0 Å². The van der Waals surface area contributed by atoms with Gasteiger partial charge in [0.25, 0.3) is 0 Å². The van der Waals surface area contributed by atoms with Crippen LogP contribution in [0.2, 0.25) is 0 Å². The molecule has 0 spiro atoms. The first-order valence-electron chi connectivity index (χ1n) is 6.21. The highest BCUT2D eigenvalue weighted by Gasteiger charge is 2.24. The lowest BCUT2D eigenvalue weighted by Crippen LogP contribution is -2.03. The number of nitro benzene ring substituents is 1. The number of nitrogens with zero attached hydrogens (tertiary/aromatic N) is 1. The van der Waals surface area contributed by atoms with E-state index in [2.05, 4.69) is 0 Å². The number of aliphatic hydroxyl groups is 1. The van der Waals surface area contributed by atoms with E-state index in [0.717, 1.165) is 0 Å². The van der Waals surface area contributed by atoms with Gasteiger partial charge in [-0.15, -0.1) is 0 Å². The molecular weight excluding hydrogens is 274 g/mol. The molecule has 0 aromatic heterocycles. The Balaban J connectivity index is 2.54. The van der Waals surface area contributed by atoms with Gasteiger partial charge in [0, 0.05) is 6.07 Å². The molecule has 0 radical (unpaired) electrons. The number of methoxy groups -OCH3 is 2. The van der Waals surface area contributed by atoms with Gasteiger partial charge in [0.05, 0.1) is 19.1 Å². The Morgan fingerprint density at radius 1 is 1.10 bits per heavy atom. The van der Waals surface area contributed by atoms with E-state index >= 15 is 0 Å². The van der Waals surface area contributed by atoms with Crippen LogP contribution in [0.25, 0.3) is 0 Å². The predicted octanol–water partition coefficient (Wildman–Crippen LogP) is 2.69. The molecule has 0 fully saturated rings. The van der Waals surface area contributed by atoms with Crippen LogP contribution in [0.4, 0.5) is 5.69 Å².